The monoisotopic (exact) mass is 269 g/mol. The topological polar surface area (TPSA) is 52.3 Å². The second-order valence-electron chi connectivity index (χ2n) is 3.86. The van der Waals surface area contributed by atoms with Crippen LogP contribution in [0.5, 0.6) is 0 Å². The predicted molar refractivity (Wildman–Crippen MR) is 60.1 cm³/mol. The molecule has 15 heavy (non-hydrogen) atoms. The second kappa shape index (κ2) is 3.94. The molecule has 0 saturated heterocycles. The number of benzene rings is 1. The molecule has 0 aromatic heterocycles. The number of carbonyl (C=O) groups is 1. The van der Waals surface area contributed by atoms with Crippen molar-refractivity contribution < 1.29 is 9.53 Å². The van der Waals surface area contributed by atoms with E-state index in [9.17, 15) is 4.79 Å². The molecule has 0 aliphatic heterocycles. The number of halogens is 1. The van der Waals surface area contributed by atoms with Crippen LogP contribution in [0.15, 0.2) is 28.7 Å². The Hall–Kier alpha value is -0.870. The Morgan fingerprint density at radius 3 is 2.87 bits per heavy atom. The van der Waals surface area contributed by atoms with Crippen molar-refractivity contribution in [2.24, 2.45) is 5.73 Å². The van der Waals surface area contributed by atoms with Gasteiger partial charge in [0.15, 0.2) is 0 Å². The molecule has 0 radical (unpaired) electrons. The second-order valence-corrected chi connectivity index (χ2v) is 4.78. The number of esters is 1. The van der Waals surface area contributed by atoms with Crippen LogP contribution in [0.2, 0.25) is 0 Å². The van der Waals surface area contributed by atoms with Crippen molar-refractivity contribution in [3.05, 3.63) is 34.3 Å². The van der Waals surface area contributed by atoms with Gasteiger partial charge in [-0.15, -0.1) is 0 Å². The van der Waals surface area contributed by atoms with Gasteiger partial charge in [0.05, 0.1) is 0 Å². The van der Waals surface area contributed by atoms with Gasteiger partial charge in [-0.2, -0.15) is 0 Å². The minimum Gasteiger partial charge on any atom is -0.459 e. The number of rotatable bonds is 3. The number of carbonyl (C=O) groups excluding carboxylic acids is 1. The van der Waals surface area contributed by atoms with E-state index >= 15 is 0 Å². The van der Waals surface area contributed by atoms with Crippen molar-refractivity contribution in [3.8, 4) is 0 Å². The van der Waals surface area contributed by atoms with Crippen LogP contribution in [0.25, 0.3) is 0 Å². The first-order valence-electron chi connectivity index (χ1n) is 4.81. The molecule has 2 rings (SSSR count). The van der Waals surface area contributed by atoms with Gasteiger partial charge >= 0.3 is 5.97 Å². The molecule has 1 aromatic rings. The third kappa shape index (κ3) is 2.58. The normalized spacial score (nSPS) is 17.2. The van der Waals surface area contributed by atoms with Crippen LogP contribution in [0.1, 0.15) is 18.4 Å². The van der Waals surface area contributed by atoms with Gasteiger partial charge in [-0.05, 0) is 30.5 Å². The minimum absolute atomic E-state index is 0.289. The third-order valence-corrected chi connectivity index (χ3v) is 2.95. The number of hydrogen-bond acceptors (Lipinski definition) is 3. The maximum atomic E-state index is 11.4. The lowest BCUT2D eigenvalue weighted by Crippen LogP contribution is -2.34. The summed E-state index contributed by atoms with van der Waals surface area (Å²) in [6.07, 6.45) is 1.48. The van der Waals surface area contributed by atoms with E-state index in [1.807, 2.05) is 24.3 Å². The highest BCUT2D eigenvalue weighted by atomic mass is 79.9. The van der Waals surface area contributed by atoms with E-state index in [0.29, 0.717) is 0 Å². The van der Waals surface area contributed by atoms with Gasteiger partial charge in [0, 0.05) is 4.47 Å². The fourth-order valence-electron chi connectivity index (χ4n) is 1.26. The molecular formula is C11H12BrNO2. The molecule has 3 nitrogen and oxygen atoms in total. The molecule has 4 heteroatoms. The highest BCUT2D eigenvalue weighted by Crippen LogP contribution is 2.33. The van der Waals surface area contributed by atoms with Gasteiger partial charge < -0.3 is 10.5 Å². The van der Waals surface area contributed by atoms with E-state index in [1.54, 1.807) is 0 Å². The van der Waals surface area contributed by atoms with Gasteiger partial charge in [0.25, 0.3) is 0 Å². The van der Waals surface area contributed by atoms with Crippen LogP contribution in [-0.2, 0) is 16.1 Å². The summed E-state index contributed by atoms with van der Waals surface area (Å²) in [6, 6.07) is 7.66. The molecule has 2 N–H and O–H groups in total. The Balaban J connectivity index is 1.90. The zero-order valence-corrected chi connectivity index (χ0v) is 9.79. The molecule has 1 saturated carbocycles. The van der Waals surface area contributed by atoms with Gasteiger partial charge in [0.1, 0.15) is 12.1 Å². The van der Waals surface area contributed by atoms with Crippen molar-refractivity contribution in [1.82, 2.24) is 0 Å². The summed E-state index contributed by atoms with van der Waals surface area (Å²) in [6.45, 7) is 0.289. The van der Waals surface area contributed by atoms with Crippen LogP contribution in [0.3, 0.4) is 0 Å². The molecule has 1 fully saturated rings. The summed E-state index contributed by atoms with van der Waals surface area (Å²) < 4.78 is 6.10. The summed E-state index contributed by atoms with van der Waals surface area (Å²) in [5.41, 5.74) is 5.97. The Kier molecular flexibility index (Phi) is 2.80. The highest BCUT2D eigenvalue weighted by molar-refractivity contribution is 9.10. The Labute approximate surface area is 96.7 Å². The van der Waals surface area contributed by atoms with Crippen LogP contribution in [-0.4, -0.2) is 11.5 Å². The smallest absolute Gasteiger partial charge is 0.326 e. The average molecular weight is 270 g/mol. The van der Waals surface area contributed by atoms with Crippen molar-refractivity contribution in [2.75, 3.05) is 0 Å². The lowest BCUT2D eigenvalue weighted by Gasteiger charge is -2.09. The van der Waals surface area contributed by atoms with Crippen LogP contribution in [0.4, 0.5) is 0 Å². The largest absolute Gasteiger partial charge is 0.459 e. The number of ether oxygens (including phenoxy) is 1. The number of hydrogen-bond donors (Lipinski definition) is 1. The van der Waals surface area contributed by atoms with E-state index in [4.69, 9.17) is 10.5 Å². The van der Waals surface area contributed by atoms with Gasteiger partial charge in [-0.25, -0.2) is 0 Å². The summed E-state index contributed by atoms with van der Waals surface area (Å²) in [4.78, 5) is 11.4. The molecule has 1 aliphatic carbocycles. The van der Waals surface area contributed by atoms with Crippen molar-refractivity contribution in [1.29, 1.82) is 0 Å². The quantitative estimate of drug-likeness (QED) is 0.854. The van der Waals surface area contributed by atoms with Crippen LogP contribution < -0.4 is 5.73 Å². The lowest BCUT2D eigenvalue weighted by atomic mass is 10.2. The maximum absolute atomic E-state index is 11.4. The summed E-state index contributed by atoms with van der Waals surface area (Å²) in [7, 11) is 0. The molecule has 0 unspecified atom stereocenters. The van der Waals surface area contributed by atoms with Crippen LogP contribution >= 0.6 is 15.9 Å². The van der Waals surface area contributed by atoms with Gasteiger partial charge in [0.2, 0.25) is 0 Å². The first kappa shape index (κ1) is 10.6. The molecule has 1 aromatic carbocycles. The van der Waals surface area contributed by atoms with Crippen molar-refractivity contribution >= 4 is 21.9 Å². The SMILES string of the molecule is NC1(C(=O)OCc2cccc(Br)c2)CC1. The standard InChI is InChI=1S/C11H12BrNO2/c12-9-3-1-2-8(6-9)7-15-10(14)11(13)4-5-11/h1-3,6H,4-5,7,13H2. The first-order chi connectivity index (χ1) is 7.10. The van der Waals surface area contributed by atoms with Crippen molar-refractivity contribution in [3.63, 3.8) is 0 Å². The molecule has 0 atom stereocenters. The molecule has 1 aliphatic rings. The fraction of sp³-hybridized carbons (Fsp3) is 0.364. The van der Waals surface area contributed by atoms with Crippen LogP contribution in [0, 0.1) is 0 Å². The van der Waals surface area contributed by atoms with E-state index in [-0.39, 0.29) is 12.6 Å². The lowest BCUT2D eigenvalue weighted by molar-refractivity contribution is -0.147. The van der Waals surface area contributed by atoms with Gasteiger partial charge in [-0.3, -0.25) is 4.79 Å². The van der Waals surface area contributed by atoms with E-state index < -0.39 is 5.54 Å². The molecule has 0 heterocycles. The van der Waals surface area contributed by atoms with E-state index in [2.05, 4.69) is 15.9 Å². The molecule has 0 spiro atoms. The summed E-state index contributed by atoms with van der Waals surface area (Å²) in [5.74, 6) is -0.289. The Morgan fingerprint density at radius 1 is 1.53 bits per heavy atom. The zero-order chi connectivity index (χ0) is 10.9. The Bertz CT molecular complexity index is 388. The summed E-state index contributed by atoms with van der Waals surface area (Å²) >= 11 is 3.36. The fourth-order valence-corrected chi connectivity index (χ4v) is 1.70. The Morgan fingerprint density at radius 2 is 2.27 bits per heavy atom. The van der Waals surface area contributed by atoms with Crippen molar-refractivity contribution in [2.45, 2.75) is 25.0 Å². The molecule has 0 amide bonds. The average Bonchev–Trinajstić information content (AvgIpc) is 2.94. The summed E-state index contributed by atoms with van der Waals surface area (Å²) in [5, 5.41) is 0. The maximum Gasteiger partial charge on any atom is 0.326 e. The third-order valence-electron chi connectivity index (χ3n) is 2.45. The zero-order valence-electron chi connectivity index (χ0n) is 8.20. The van der Waals surface area contributed by atoms with E-state index in [0.717, 1.165) is 22.9 Å². The molecule has 0 bridgehead atoms. The van der Waals surface area contributed by atoms with E-state index in [1.165, 1.54) is 0 Å². The molecule has 80 valence electrons. The molecular weight excluding hydrogens is 258 g/mol. The number of nitrogens with two attached hydrogens (primary N) is 1. The predicted octanol–water partition coefficient (Wildman–Crippen LogP) is 1.98. The highest BCUT2D eigenvalue weighted by Gasteiger charge is 2.47. The first-order valence-corrected chi connectivity index (χ1v) is 5.60. The minimum atomic E-state index is -0.688. The van der Waals surface area contributed by atoms with Gasteiger partial charge in [-0.1, -0.05) is 28.1 Å².